The molecular formula is C18H24N6O. The molecule has 0 aliphatic carbocycles. The molecule has 0 bridgehead atoms. The first kappa shape index (κ1) is 16.2. The van der Waals surface area contributed by atoms with Crippen molar-refractivity contribution in [3.8, 4) is 0 Å². The van der Waals surface area contributed by atoms with Gasteiger partial charge in [0.1, 0.15) is 17.1 Å². The van der Waals surface area contributed by atoms with Crippen LogP contribution in [0.3, 0.4) is 0 Å². The molecule has 25 heavy (non-hydrogen) atoms. The summed E-state index contributed by atoms with van der Waals surface area (Å²) in [6.45, 7) is 6.18. The molecule has 0 amide bonds. The van der Waals surface area contributed by atoms with Crippen LogP contribution in [0.1, 0.15) is 37.8 Å². The van der Waals surface area contributed by atoms with Gasteiger partial charge in [-0.05, 0) is 32.4 Å². The van der Waals surface area contributed by atoms with Gasteiger partial charge >= 0.3 is 0 Å². The second-order valence-corrected chi connectivity index (χ2v) is 7.25. The maximum Gasteiger partial charge on any atom is 0.124 e. The summed E-state index contributed by atoms with van der Waals surface area (Å²) < 4.78 is 3.92. The van der Waals surface area contributed by atoms with Gasteiger partial charge in [0.05, 0.1) is 23.8 Å². The third-order valence-corrected chi connectivity index (χ3v) is 5.09. The van der Waals surface area contributed by atoms with Crippen molar-refractivity contribution in [2.24, 2.45) is 7.05 Å². The van der Waals surface area contributed by atoms with E-state index in [1.807, 2.05) is 31.4 Å². The molecule has 1 unspecified atom stereocenters. The number of hydrogen-bond donors (Lipinski definition) is 1. The first-order valence-electron chi connectivity index (χ1n) is 8.74. The van der Waals surface area contributed by atoms with Crippen LogP contribution >= 0.6 is 0 Å². The quantitative estimate of drug-likeness (QED) is 0.785. The van der Waals surface area contributed by atoms with Gasteiger partial charge in [0.25, 0.3) is 0 Å². The summed E-state index contributed by atoms with van der Waals surface area (Å²) in [6, 6.07) is 8.38. The molecule has 1 atom stereocenters. The Morgan fingerprint density at radius 2 is 2.08 bits per heavy atom. The maximum absolute atomic E-state index is 11.0. The van der Waals surface area contributed by atoms with Gasteiger partial charge in [-0.15, -0.1) is 5.10 Å². The van der Waals surface area contributed by atoms with E-state index < -0.39 is 5.60 Å². The number of likely N-dealkylation sites (tertiary alicyclic amines) is 1. The van der Waals surface area contributed by atoms with E-state index in [0.29, 0.717) is 25.2 Å². The fourth-order valence-electron chi connectivity index (χ4n) is 3.49. The van der Waals surface area contributed by atoms with Gasteiger partial charge in [-0.25, -0.2) is 9.67 Å². The molecule has 3 heterocycles. The van der Waals surface area contributed by atoms with Crippen molar-refractivity contribution in [3.05, 3.63) is 42.0 Å². The van der Waals surface area contributed by atoms with Crippen LogP contribution in [0.4, 0.5) is 0 Å². The number of nitrogens with zero attached hydrogens (tertiary/aromatic N) is 6. The molecule has 3 aromatic rings. The Morgan fingerprint density at radius 3 is 2.80 bits per heavy atom. The highest BCUT2D eigenvalue weighted by atomic mass is 16.3. The molecule has 7 heteroatoms. The molecule has 0 spiro atoms. The maximum atomic E-state index is 11.0. The number of aromatic nitrogens is 5. The minimum atomic E-state index is -0.933. The first-order chi connectivity index (χ1) is 12.0. The number of hydrogen-bond acceptors (Lipinski definition) is 5. The lowest BCUT2D eigenvalue weighted by molar-refractivity contribution is 0.0405. The molecule has 1 aliphatic rings. The van der Waals surface area contributed by atoms with Gasteiger partial charge in [-0.1, -0.05) is 17.3 Å². The number of β-amino-alcohol motifs (C(OH)–C–C–N with tert-alkyl or cyclic N) is 1. The summed E-state index contributed by atoms with van der Waals surface area (Å²) in [7, 11) is 2.04. The van der Waals surface area contributed by atoms with Crippen LogP contribution in [0.2, 0.25) is 0 Å². The number of para-hydroxylation sites is 2. The number of rotatable bonds is 4. The van der Waals surface area contributed by atoms with Gasteiger partial charge < -0.3 is 9.67 Å². The molecule has 2 aromatic heterocycles. The summed E-state index contributed by atoms with van der Waals surface area (Å²) in [5, 5.41) is 19.4. The van der Waals surface area contributed by atoms with Crippen molar-refractivity contribution in [2.45, 2.75) is 38.5 Å². The smallest absolute Gasteiger partial charge is 0.124 e. The minimum Gasteiger partial charge on any atom is -0.382 e. The summed E-state index contributed by atoms with van der Waals surface area (Å²) in [4.78, 5) is 6.96. The normalized spacial score (nSPS) is 21.6. The Kier molecular flexibility index (Phi) is 3.85. The van der Waals surface area contributed by atoms with E-state index in [1.54, 1.807) is 4.68 Å². The summed E-state index contributed by atoms with van der Waals surface area (Å²) in [5.74, 6) is 1.01. The van der Waals surface area contributed by atoms with Crippen LogP contribution in [-0.4, -0.2) is 47.6 Å². The zero-order valence-corrected chi connectivity index (χ0v) is 14.9. The molecule has 4 rings (SSSR count). The van der Waals surface area contributed by atoms with Crippen molar-refractivity contribution in [2.75, 3.05) is 13.1 Å². The Morgan fingerprint density at radius 1 is 1.28 bits per heavy atom. The highest BCUT2D eigenvalue weighted by Crippen LogP contribution is 2.31. The third kappa shape index (κ3) is 2.83. The molecule has 1 saturated heterocycles. The number of aliphatic hydroxyl groups is 1. The second-order valence-electron chi connectivity index (χ2n) is 7.25. The van der Waals surface area contributed by atoms with Crippen molar-refractivity contribution >= 4 is 11.0 Å². The van der Waals surface area contributed by atoms with E-state index in [1.165, 1.54) is 0 Å². The zero-order chi connectivity index (χ0) is 17.6. The molecule has 132 valence electrons. The highest BCUT2D eigenvalue weighted by Gasteiger charge is 2.40. The number of fused-ring (bicyclic) bond motifs is 1. The number of benzene rings is 1. The largest absolute Gasteiger partial charge is 0.382 e. The monoisotopic (exact) mass is 340 g/mol. The van der Waals surface area contributed by atoms with Crippen molar-refractivity contribution < 1.29 is 5.11 Å². The molecule has 1 N–H and O–H groups in total. The molecule has 0 saturated carbocycles. The van der Waals surface area contributed by atoms with Gasteiger partial charge in [0.15, 0.2) is 0 Å². The lowest BCUT2D eigenvalue weighted by atomic mass is 10.00. The topological polar surface area (TPSA) is 72.0 Å². The SMILES string of the molecule is CC(C)n1cc(C2(O)CCN(Cc3nc4ccccc4n3C)C2)nn1. The molecule has 0 radical (unpaired) electrons. The van der Waals surface area contributed by atoms with Crippen molar-refractivity contribution in [3.63, 3.8) is 0 Å². The van der Waals surface area contributed by atoms with E-state index in [-0.39, 0.29) is 6.04 Å². The van der Waals surface area contributed by atoms with Crippen LogP contribution in [0.5, 0.6) is 0 Å². The molecule has 1 aliphatic heterocycles. The average Bonchev–Trinajstić information content (AvgIpc) is 3.28. The molecule has 7 nitrogen and oxygen atoms in total. The van der Waals surface area contributed by atoms with Gasteiger partial charge in [0, 0.05) is 26.2 Å². The molecule has 1 aromatic carbocycles. The van der Waals surface area contributed by atoms with E-state index in [2.05, 4.69) is 39.7 Å². The summed E-state index contributed by atoms with van der Waals surface area (Å²) >= 11 is 0. The van der Waals surface area contributed by atoms with Crippen LogP contribution in [0.15, 0.2) is 30.5 Å². The van der Waals surface area contributed by atoms with Gasteiger partial charge in [0.2, 0.25) is 0 Å². The molecular weight excluding hydrogens is 316 g/mol. The Hall–Kier alpha value is -2.25. The predicted octanol–water partition coefficient (Wildman–Crippen LogP) is 1.84. The average molecular weight is 340 g/mol. The van der Waals surface area contributed by atoms with E-state index in [0.717, 1.165) is 23.4 Å². The Labute approximate surface area is 146 Å². The fourth-order valence-corrected chi connectivity index (χ4v) is 3.49. The fraction of sp³-hybridized carbons (Fsp3) is 0.500. The van der Waals surface area contributed by atoms with E-state index in [9.17, 15) is 5.11 Å². The van der Waals surface area contributed by atoms with E-state index in [4.69, 9.17) is 4.98 Å². The Bertz CT molecular complexity index is 898. The number of aryl methyl sites for hydroxylation is 1. The van der Waals surface area contributed by atoms with Crippen molar-refractivity contribution in [1.82, 2.24) is 29.4 Å². The lowest BCUT2D eigenvalue weighted by Gasteiger charge is -2.21. The van der Waals surface area contributed by atoms with Crippen LogP contribution in [0, 0.1) is 0 Å². The minimum absolute atomic E-state index is 0.238. The van der Waals surface area contributed by atoms with Crippen molar-refractivity contribution in [1.29, 1.82) is 0 Å². The van der Waals surface area contributed by atoms with Crippen LogP contribution in [-0.2, 0) is 19.2 Å². The summed E-state index contributed by atoms with van der Waals surface area (Å²) in [5.41, 5.74) is 1.87. The van der Waals surface area contributed by atoms with Gasteiger partial charge in [-0.3, -0.25) is 4.90 Å². The third-order valence-electron chi connectivity index (χ3n) is 5.09. The predicted molar refractivity (Wildman–Crippen MR) is 94.9 cm³/mol. The van der Waals surface area contributed by atoms with E-state index >= 15 is 0 Å². The summed E-state index contributed by atoms with van der Waals surface area (Å²) in [6.07, 6.45) is 2.52. The second kappa shape index (κ2) is 5.93. The van der Waals surface area contributed by atoms with Gasteiger partial charge in [-0.2, -0.15) is 0 Å². The zero-order valence-electron chi connectivity index (χ0n) is 14.9. The standard InChI is InChI=1S/C18H24N6O/c1-13(2)24-10-16(20-21-24)18(25)8-9-23(12-18)11-17-19-14-6-4-5-7-15(14)22(17)3/h4-7,10,13,25H,8-9,11-12H2,1-3H3. The lowest BCUT2D eigenvalue weighted by Crippen LogP contribution is -2.31. The molecule has 1 fully saturated rings. The number of imidazole rings is 1. The first-order valence-corrected chi connectivity index (χ1v) is 8.74. The van der Waals surface area contributed by atoms with Crippen LogP contribution < -0.4 is 0 Å². The van der Waals surface area contributed by atoms with Crippen LogP contribution in [0.25, 0.3) is 11.0 Å². The Balaban J connectivity index is 1.52. The highest BCUT2D eigenvalue weighted by molar-refractivity contribution is 5.75.